The van der Waals surface area contributed by atoms with Crippen molar-refractivity contribution in [2.75, 3.05) is 19.6 Å². The lowest BCUT2D eigenvalue weighted by Gasteiger charge is -2.43. The van der Waals surface area contributed by atoms with Crippen LogP contribution in [0.3, 0.4) is 0 Å². The van der Waals surface area contributed by atoms with Crippen molar-refractivity contribution in [3.05, 3.63) is 35.8 Å². The van der Waals surface area contributed by atoms with Crippen LogP contribution in [0.1, 0.15) is 88.9 Å². The van der Waals surface area contributed by atoms with Gasteiger partial charge in [-0.15, -0.1) is 23.7 Å². The number of furan rings is 1. The maximum absolute atomic E-state index is 14.2. The van der Waals surface area contributed by atoms with E-state index in [0.717, 1.165) is 75.7 Å². The van der Waals surface area contributed by atoms with E-state index in [1.54, 1.807) is 6.26 Å². The predicted octanol–water partition coefficient (Wildman–Crippen LogP) is 5.07. The van der Waals surface area contributed by atoms with E-state index in [2.05, 4.69) is 41.9 Å². The minimum Gasteiger partial charge on any atom is -0.469 e. The Kier molecular flexibility index (Phi) is 8.40. The minimum absolute atomic E-state index is 0.000212. The molecule has 0 aromatic carbocycles. The van der Waals surface area contributed by atoms with E-state index in [9.17, 15) is 9.59 Å². The van der Waals surface area contributed by atoms with Crippen LogP contribution in [0.2, 0.25) is 0 Å². The average Bonchev–Trinajstić information content (AvgIpc) is 3.40. The highest BCUT2D eigenvalue weighted by atomic mass is 16.3. The van der Waals surface area contributed by atoms with Gasteiger partial charge in [0.2, 0.25) is 11.8 Å². The molecule has 2 amide bonds. The highest BCUT2D eigenvalue weighted by Crippen LogP contribution is 2.53. The number of nitrogens with zero attached hydrogens (tertiary/aromatic N) is 2. The molecular formula is C30H38N2O3. The Morgan fingerprint density at radius 2 is 1.89 bits per heavy atom. The van der Waals surface area contributed by atoms with E-state index in [-0.39, 0.29) is 23.8 Å². The van der Waals surface area contributed by atoms with Gasteiger partial charge in [-0.25, -0.2) is 0 Å². The number of amides is 2. The Balaban J connectivity index is 1.62. The first-order chi connectivity index (χ1) is 17.1. The number of hydrogen-bond acceptors (Lipinski definition) is 3. The van der Waals surface area contributed by atoms with E-state index < -0.39 is 5.41 Å². The van der Waals surface area contributed by atoms with E-state index in [0.29, 0.717) is 19.5 Å². The summed E-state index contributed by atoms with van der Waals surface area (Å²) in [7, 11) is 0. The SMILES string of the molecule is CC#CCCCCN1CC[C@@H](c2coc(CCC#CC)c2)[C@]2(C[C@@H]3/C=C\CCCCN3C2=O)C1=O. The van der Waals surface area contributed by atoms with Gasteiger partial charge in [-0.1, -0.05) is 12.2 Å². The van der Waals surface area contributed by atoms with Crippen LogP contribution in [0.4, 0.5) is 0 Å². The van der Waals surface area contributed by atoms with Gasteiger partial charge in [0, 0.05) is 44.8 Å². The summed E-state index contributed by atoms with van der Waals surface area (Å²) in [6.45, 7) is 5.81. The molecule has 3 aliphatic heterocycles. The van der Waals surface area contributed by atoms with Crippen molar-refractivity contribution in [2.24, 2.45) is 5.41 Å². The zero-order valence-corrected chi connectivity index (χ0v) is 21.3. The largest absolute Gasteiger partial charge is 0.469 e. The summed E-state index contributed by atoms with van der Waals surface area (Å²) >= 11 is 0. The fourth-order valence-electron chi connectivity index (χ4n) is 6.03. The van der Waals surface area contributed by atoms with Crippen molar-refractivity contribution in [3.63, 3.8) is 0 Å². The number of allylic oxidation sites excluding steroid dienone is 1. The standard InChI is InChI=1S/C30H38N2O3/c1-3-5-7-9-13-18-31-20-17-27(24-21-26(35-23-24)16-11-6-4-2)30(28(31)33)22-25-15-12-8-10-14-19-32(25)29(30)34/h12,15,21,23,25,27H,7-11,13-14,16-20,22H2,1-2H3/b15-12-/t25-,27-,30+/m0/s1. The van der Waals surface area contributed by atoms with Crippen LogP contribution >= 0.6 is 0 Å². The third kappa shape index (κ3) is 5.20. The number of carbonyl (C=O) groups excluding carboxylic acids is 2. The van der Waals surface area contributed by atoms with Crippen molar-refractivity contribution in [1.29, 1.82) is 0 Å². The molecule has 3 atom stereocenters. The zero-order chi connectivity index (χ0) is 24.7. The maximum Gasteiger partial charge on any atom is 0.239 e. The van der Waals surface area contributed by atoms with Gasteiger partial charge in [-0.3, -0.25) is 9.59 Å². The van der Waals surface area contributed by atoms with Crippen LogP contribution in [0.15, 0.2) is 28.9 Å². The van der Waals surface area contributed by atoms with Crippen molar-refractivity contribution in [3.8, 4) is 23.7 Å². The molecule has 0 saturated carbocycles. The molecule has 0 bridgehead atoms. The summed E-state index contributed by atoms with van der Waals surface area (Å²) in [5, 5.41) is 0. The molecule has 0 unspecified atom stereocenters. The number of rotatable bonds is 7. The quantitative estimate of drug-likeness (QED) is 0.240. The summed E-state index contributed by atoms with van der Waals surface area (Å²) in [5.41, 5.74) is -0.0472. The molecule has 0 aliphatic carbocycles. The molecule has 2 fully saturated rings. The highest BCUT2D eigenvalue weighted by Gasteiger charge is 2.63. The fourth-order valence-corrected chi connectivity index (χ4v) is 6.03. The summed E-state index contributed by atoms with van der Waals surface area (Å²) in [4.78, 5) is 32.2. The van der Waals surface area contributed by atoms with Gasteiger partial charge in [0.1, 0.15) is 11.2 Å². The molecule has 2 saturated heterocycles. The van der Waals surface area contributed by atoms with Gasteiger partial charge in [0.15, 0.2) is 0 Å². The van der Waals surface area contributed by atoms with Gasteiger partial charge in [-0.2, -0.15) is 0 Å². The highest BCUT2D eigenvalue weighted by molar-refractivity contribution is 6.08. The molecule has 0 radical (unpaired) electrons. The van der Waals surface area contributed by atoms with Crippen LogP contribution < -0.4 is 0 Å². The topological polar surface area (TPSA) is 53.8 Å². The van der Waals surface area contributed by atoms with Crippen molar-refractivity contribution in [2.45, 2.75) is 90.0 Å². The first-order valence-corrected chi connectivity index (χ1v) is 13.3. The summed E-state index contributed by atoms with van der Waals surface area (Å²) < 4.78 is 5.88. The van der Waals surface area contributed by atoms with Gasteiger partial charge in [0.05, 0.1) is 12.3 Å². The summed E-state index contributed by atoms with van der Waals surface area (Å²) in [6.07, 6.45) is 14.8. The molecule has 186 valence electrons. The van der Waals surface area contributed by atoms with Crippen molar-refractivity contribution < 1.29 is 14.0 Å². The van der Waals surface area contributed by atoms with Gasteiger partial charge in [0.25, 0.3) is 0 Å². The molecule has 1 aromatic rings. The lowest BCUT2D eigenvalue weighted by atomic mass is 9.65. The van der Waals surface area contributed by atoms with E-state index in [1.807, 2.05) is 23.6 Å². The zero-order valence-electron chi connectivity index (χ0n) is 21.3. The average molecular weight is 475 g/mol. The smallest absolute Gasteiger partial charge is 0.239 e. The van der Waals surface area contributed by atoms with Crippen LogP contribution in [0, 0.1) is 29.1 Å². The van der Waals surface area contributed by atoms with Gasteiger partial charge in [-0.05, 0) is 70.4 Å². The second-order valence-electron chi connectivity index (χ2n) is 9.96. The Hall–Kier alpha value is -2.92. The number of aryl methyl sites for hydroxylation is 1. The molecule has 4 heterocycles. The normalized spacial score (nSPS) is 26.9. The first-order valence-electron chi connectivity index (χ1n) is 13.3. The molecule has 5 nitrogen and oxygen atoms in total. The molecule has 3 aliphatic rings. The van der Waals surface area contributed by atoms with Crippen LogP contribution in [-0.2, 0) is 16.0 Å². The number of unbranched alkanes of at least 4 members (excludes halogenated alkanes) is 2. The van der Waals surface area contributed by atoms with E-state index in [4.69, 9.17) is 4.42 Å². The van der Waals surface area contributed by atoms with Crippen LogP contribution in [-0.4, -0.2) is 47.3 Å². The number of piperidine rings is 1. The van der Waals surface area contributed by atoms with E-state index in [1.165, 1.54) is 0 Å². The number of fused-ring (bicyclic) bond motifs is 1. The molecule has 0 N–H and O–H groups in total. The van der Waals surface area contributed by atoms with E-state index >= 15 is 0 Å². The molecule has 35 heavy (non-hydrogen) atoms. The van der Waals surface area contributed by atoms with Crippen molar-refractivity contribution >= 4 is 11.8 Å². The number of hydrogen-bond donors (Lipinski definition) is 0. The van der Waals surface area contributed by atoms with Gasteiger partial charge < -0.3 is 14.2 Å². The summed E-state index contributed by atoms with van der Waals surface area (Å²) in [6, 6.07) is 2.06. The predicted molar refractivity (Wildman–Crippen MR) is 137 cm³/mol. The Morgan fingerprint density at radius 1 is 1.06 bits per heavy atom. The molecule has 5 heteroatoms. The third-order valence-corrected chi connectivity index (χ3v) is 7.81. The second-order valence-corrected chi connectivity index (χ2v) is 9.96. The maximum atomic E-state index is 14.2. The molecule has 4 rings (SSSR count). The Bertz CT molecular complexity index is 1060. The monoisotopic (exact) mass is 474 g/mol. The summed E-state index contributed by atoms with van der Waals surface area (Å²) in [5.74, 6) is 12.8. The number of carbonyl (C=O) groups is 2. The molecule has 1 spiro atoms. The van der Waals surface area contributed by atoms with Crippen molar-refractivity contribution in [1.82, 2.24) is 9.80 Å². The molecular weight excluding hydrogens is 436 g/mol. The molecule has 1 aromatic heterocycles. The Morgan fingerprint density at radius 3 is 2.71 bits per heavy atom. The third-order valence-electron chi connectivity index (χ3n) is 7.81. The number of likely N-dealkylation sites (tertiary alicyclic amines) is 1. The van der Waals surface area contributed by atoms with Crippen LogP contribution in [0.5, 0.6) is 0 Å². The fraction of sp³-hybridized carbons (Fsp3) is 0.600. The first kappa shape index (κ1) is 25.2. The van der Waals surface area contributed by atoms with Crippen LogP contribution in [0.25, 0.3) is 0 Å². The second kappa shape index (κ2) is 11.7. The Labute approximate surface area is 210 Å². The van der Waals surface area contributed by atoms with Gasteiger partial charge >= 0.3 is 0 Å². The lowest BCUT2D eigenvalue weighted by Crippen LogP contribution is -2.56. The lowest BCUT2D eigenvalue weighted by molar-refractivity contribution is -0.157. The minimum atomic E-state index is -1.04.